The lowest BCUT2D eigenvalue weighted by Crippen LogP contribution is -1.96. The fourth-order valence-corrected chi connectivity index (χ4v) is 1.45. The molecule has 0 radical (unpaired) electrons. The van der Waals surface area contributed by atoms with Gasteiger partial charge < -0.3 is 10.5 Å². The van der Waals surface area contributed by atoms with E-state index in [1.54, 1.807) is 24.7 Å². The van der Waals surface area contributed by atoms with Crippen LogP contribution in [-0.2, 0) is 0 Å². The zero-order valence-electron chi connectivity index (χ0n) is 9.76. The van der Waals surface area contributed by atoms with Crippen LogP contribution in [0.4, 0.5) is 5.82 Å². The number of aromatic nitrogens is 2. The zero-order chi connectivity index (χ0) is 12.1. The summed E-state index contributed by atoms with van der Waals surface area (Å²) in [6.07, 6.45) is 6.21. The van der Waals surface area contributed by atoms with Gasteiger partial charge in [-0.25, -0.2) is 4.98 Å². The molecule has 2 aromatic rings. The molecule has 0 unspecified atom stereocenters. The summed E-state index contributed by atoms with van der Waals surface area (Å²) in [4.78, 5) is 8.21. The second-order valence-electron chi connectivity index (χ2n) is 3.73. The molecule has 17 heavy (non-hydrogen) atoms. The third-order valence-corrected chi connectivity index (χ3v) is 2.31. The van der Waals surface area contributed by atoms with E-state index in [2.05, 4.69) is 16.9 Å². The number of hydrogen-bond acceptors (Lipinski definition) is 4. The Balaban J connectivity index is 2.23. The van der Waals surface area contributed by atoms with Crippen molar-refractivity contribution in [3.8, 4) is 16.9 Å². The van der Waals surface area contributed by atoms with Gasteiger partial charge in [0.05, 0.1) is 12.8 Å². The molecule has 0 atom stereocenters. The maximum atomic E-state index is 5.55. The van der Waals surface area contributed by atoms with E-state index in [-0.39, 0.29) is 0 Å². The van der Waals surface area contributed by atoms with Crippen molar-refractivity contribution in [2.75, 3.05) is 12.3 Å². The Morgan fingerprint density at radius 1 is 1.18 bits per heavy atom. The Bertz CT molecular complexity index is 482. The topological polar surface area (TPSA) is 61.0 Å². The molecule has 0 fully saturated rings. The van der Waals surface area contributed by atoms with Gasteiger partial charge in [-0.3, -0.25) is 4.98 Å². The Labute approximate surface area is 100 Å². The number of ether oxygens (including phenoxy) is 1. The predicted molar refractivity (Wildman–Crippen MR) is 67.7 cm³/mol. The molecule has 0 aliphatic heterocycles. The number of nitrogen functional groups attached to an aromatic ring is 1. The van der Waals surface area contributed by atoms with E-state index < -0.39 is 0 Å². The average molecular weight is 229 g/mol. The Hall–Kier alpha value is -2.10. The van der Waals surface area contributed by atoms with E-state index in [9.17, 15) is 0 Å². The van der Waals surface area contributed by atoms with Crippen LogP contribution in [0.1, 0.15) is 13.3 Å². The minimum atomic E-state index is 0.514. The second kappa shape index (κ2) is 5.30. The number of pyridine rings is 2. The van der Waals surface area contributed by atoms with Gasteiger partial charge in [-0.05, 0) is 24.6 Å². The third-order valence-electron chi connectivity index (χ3n) is 2.31. The molecular formula is C13H15N3O. The summed E-state index contributed by atoms with van der Waals surface area (Å²) in [7, 11) is 0. The van der Waals surface area contributed by atoms with Gasteiger partial charge in [0.25, 0.3) is 0 Å². The quantitative estimate of drug-likeness (QED) is 0.875. The van der Waals surface area contributed by atoms with Crippen LogP contribution in [0.25, 0.3) is 11.1 Å². The fraction of sp³-hybridized carbons (Fsp3) is 0.231. The molecule has 88 valence electrons. The number of hydrogen-bond donors (Lipinski definition) is 1. The van der Waals surface area contributed by atoms with Gasteiger partial charge >= 0.3 is 0 Å². The van der Waals surface area contributed by atoms with Gasteiger partial charge in [-0.15, -0.1) is 0 Å². The van der Waals surface area contributed by atoms with Crippen LogP contribution in [0.5, 0.6) is 5.75 Å². The highest BCUT2D eigenvalue weighted by Crippen LogP contribution is 2.22. The largest absolute Gasteiger partial charge is 0.492 e. The maximum Gasteiger partial charge on any atom is 0.138 e. The number of nitrogens with zero attached hydrogens (tertiary/aromatic N) is 2. The van der Waals surface area contributed by atoms with Gasteiger partial charge in [0.1, 0.15) is 11.6 Å². The van der Waals surface area contributed by atoms with Gasteiger partial charge in [0, 0.05) is 23.5 Å². The first kappa shape index (κ1) is 11.4. The van der Waals surface area contributed by atoms with E-state index in [1.165, 1.54) is 0 Å². The summed E-state index contributed by atoms with van der Waals surface area (Å²) in [6.45, 7) is 2.77. The monoisotopic (exact) mass is 229 g/mol. The second-order valence-corrected chi connectivity index (χ2v) is 3.73. The molecule has 0 aromatic carbocycles. The Morgan fingerprint density at radius 2 is 2.06 bits per heavy atom. The molecule has 0 bridgehead atoms. The third kappa shape index (κ3) is 2.93. The summed E-state index contributed by atoms with van der Waals surface area (Å²) in [5.41, 5.74) is 7.51. The molecule has 2 N–H and O–H groups in total. The first-order chi connectivity index (χ1) is 8.29. The minimum absolute atomic E-state index is 0.514. The highest BCUT2D eigenvalue weighted by molar-refractivity contribution is 5.63. The molecule has 0 amide bonds. The minimum Gasteiger partial charge on any atom is -0.492 e. The highest BCUT2D eigenvalue weighted by atomic mass is 16.5. The maximum absolute atomic E-state index is 5.55. The van der Waals surface area contributed by atoms with Crippen LogP contribution in [-0.4, -0.2) is 16.6 Å². The predicted octanol–water partition coefficient (Wildman–Crippen LogP) is 2.51. The van der Waals surface area contributed by atoms with Gasteiger partial charge in [0.15, 0.2) is 0 Å². The lowest BCUT2D eigenvalue weighted by Gasteiger charge is -2.06. The smallest absolute Gasteiger partial charge is 0.138 e. The Morgan fingerprint density at radius 3 is 2.76 bits per heavy atom. The van der Waals surface area contributed by atoms with E-state index in [0.29, 0.717) is 12.4 Å². The number of rotatable bonds is 4. The molecule has 2 rings (SSSR count). The summed E-state index contributed by atoms with van der Waals surface area (Å²) in [6, 6.07) is 5.65. The van der Waals surface area contributed by atoms with E-state index in [0.717, 1.165) is 23.3 Å². The van der Waals surface area contributed by atoms with Crippen LogP contribution >= 0.6 is 0 Å². The van der Waals surface area contributed by atoms with Crippen LogP contribution < -0.4 is 10.5 Å². The first-order valence-corrected chi connectivity index (χ1v) is 5.59. The van der Waals surface area contributed by atoms with E-state index >= 15 is 0 Å². The molecule has 2 heterocycles. The molecule has 4 heteroatoms. The number of nitrogens with two attached hydrogens (primary N) is 1. The number of anilines is 1. The lowest BCUT2D eigenvalue weighted by molar-refractivity contribution is 0.316. The molecule has 0 saturated carbocycles. The summed E-state index contributed by atoms with van der Waals surface area (Å²) < 4.78 is 5.53. The van der Waals surface area contributed by atoms with E-state index in [1.807, 2.05) is 12.1 Å². The van der Waals surface area contributed by atoms with Crippen molar-refractivity contribution in [1.82, 2.24) is 9.97 Å². The zero-order valence-corrected chi connectivity index (χ0v) is 9.76. The van der Waals surface area contributed by atoms with Crippen molar-refractivity contribution < 1.29 is 4.74 Å². The van der Waals surface area contributed by atoms with Crippen molar-refractivity contribution in [3.63, 3.8) is 0 Å². The van der Waals surface area contributed by atoms with Crippen molar-refractivity contribution in [1.29, 1.82) is 0 Å². The molecule has 0 saturated heterocycles. The summed E-state index contributed by atoms with van der Waals surface area (Å²) in [5, 5.41) is 0. The average Bonchev–Trinajstić information content (AvgIpc) is 2.37. The molecule has 2 aromatic heterocycles. The first-order valence-electron chi connectivity index (χ1n) is 5.59. The standard InChI is InChI=1S/C13H15N3O/c1-2-5-17-12-6-11(7-15-9-12)10-3-4-13(14)16-8-10/h3-4,6-9H,2,5H2,1H3,(H2,14,16). The van der Waals surface area contributed by atoms with Crippen molar-refractivity contribution in [2.45, 2.75) is 13.3 Å². The van der Waals surface area contributed by atoms with Gasteiger partial charge in [-0.2, -0.15) is 0 Å². The summed E-state index contributed by atoms with van der Waals surface area (Å²) in [5.74, 6) is 1.29. The van der Waals surface area contributed by atoms with Crippen molar-refractivity contribution in [2.24, 2.45) is 0 Å². The van der Waals surface area contributed by atoms with Crippen molar-refractivity contribution in [3.05, 3.63) is 36.8 Å². The summed E-state index contributed by atoms with van der Waals surface area (Å²) >= 11 is 0. The van der Waals surface area contributed by atoms with Crippen LogP contribution in [0.15, 0.2) is 36.8 Å². The van der Waals surface area contributed by atoms with Crippen LogP contribution in [0.2, 0.25) is 0 Å². The molecule has 0 spiro atoms. The van der Waals surface area contributed by atoms with Crippen LogP contribution in [0.3, 0.4) is 0 Å². The lowest BCUT2D eigenvalue weighted by atomic mass is 10.1. The molecule has 4 nitrogen and oxygen atoms in total. The van der Waals surface area contributed by atoms with Gasteiger partial charge in [-0.1, -0.05) is 6.92 Å². The Kier molecular flexibility index (Phi) is 3.55. The normalized spacial score (nSPS) is 10.2. The van der Waals surface area contributed by atoms with E-state index in [4.69, 9.17) is 10.5 Å². The molecule has 0 aliphatic carbocycles. The molecular weight excluding hydrogens is 214 g/mol. The van der Waals surface area contributed by atoms with Crippen LogP contribution in [0, 0.1) is 0 Å². The van der Waals surface area contributed by atoms with Gasteiger partial charge in [0.2, 0.25) is 0 Å². The highest BCUT2D eigenvalue weighted by Gasteiger charge is 2.01. The SMILES string of the molecule is CCCOc1cncc(-c2ccc(N)nc2)c1. The molecule has 0 aliphatic rings. The fourth-order valence-electron chi connectivity index (χ4n) is 1.45. The van der Waals surface area contributed by atoms with Crippen molar-refractivity contribution >= 4 is 5.82 Å².